The third kappa shape index (κ3) is 2.63. The van der Waals surface area contributed by atoms with Gasteiger partial charge in [-0.15, -0.1) is 0 Å². The normalized spacial score (nSPS) is 20.0. The molecule has 0 spiro atoms. The van der Waals surface area contributed by atoms with Gasteiger partial charge in [0.05, 0.1) is 17.4 Å². The van der Waals surface area contributed by atoms with Gasteiger partial charge in [-0.3, -0.25) is 9.69 Å². The van der Waals surface area contributed by atoms with E-state index in [1.807, 2.05) is 0 Å². The highest BCUT2D eigenvalue weighted by molar-refractivity contribution is 6.02. The number of amides is 2. The molecule has 4 rings (SSSR count). The van der Waals surface area contributed by atoms with E-state index in [1.165, 1.54) is 17.2 Å². The highest BCUT2D eigenvalue weighted by Gasteiger charge is 2.34. The Morgan fingerprint density at radius 2 is 2.20 bits per heavy atom. The number of hydrogen-bond acceptors (Lipinski definition) is 5. The largest absolute Gasteiger partial charge is 0.447 e. The van der Waals surface area contributed by atoms with Crippen LogP contribution in [0.5, 0.6) is 0 Å². The lowest BCUT2D eigenvalue weighted by atomic mass is 10.1. The molecule has 1 atom stereocenters. The molecule has 2 fully saturated rings. The lowest BCUT2D eigenvalue weighted by molar-refractivity contribution is -0.117. The van der Waals surface area contributed by atoms with Gasteiger partial charge in [-0.05, 0) is 37.3 Å². The molecule has 0 bridgehead atoms. The quantitative estimate of drug-likeness (QED) is 0.834. The van der Waals surface area contributed by atoms with Gasteiger partial charge in [0.25, 0.3) is 0 Å². The number of anilines is 3. The van der Waals surface area contributed by atoms with Crippen LogP contribution in [0.25, 0.3) is 10.8 Å². The van der Waals surface area contributed by atoms with Crippen LogP contribution in [0.2, 0.25) is 0 Å². The number of aromatic nitrogens is 1. The van der Waals surface area contributed by atoms with E-state index in [4.69, 9.17) is 10.5 Å². The van der Waals surface area contributed by atoms with Crippen molar-refractivity contribution in [3.8, 4) is 0 Å². The fourth-order valence-corrected chi connectivity index (χ4v) is 2.95. The molecule has 7 nitrogen and oxygen atoms in total. The standard InChI is InChI=1S/C17H17FN4O3/c1-8-7-25-17(24)22(8)12-4-10-5-13(21-16(23)9-2-3-9)20-6-11(10)15(19)14(12)18/h4-6,8-9H,2-3,7,19H2,1H3,(H,20,21,23)/t8-/m0/s1. The molecule has 2 aliphatic rings. The Hall–Kier alpha value is -2.90. The molecule has 8 heteroatoms. The van der Waals surface area contributed by atoms with Crippen molar-refractivity contribution in [2.24, 2.45) is 5.92 Å². The number of pyridine rings is 1. The Labute approximate surface area is 142 Å². The van der Waals surface area contributed by atoms with Crippen LogP contribution in [0.3, 0.4) is 0 Å². The Morgan fingerprint density at radius 3 is 2.84 bits per heavy atom. The summed E-state index contributed by atoms with van der Waals surface area (Å²) in [5.74, 6) is -0.335. The predicted octanol–water partition coefficient (Wildman–Crippen LogP) is 2.65. The van der Waals surface area contributed by atoms with E-state index in [-0.39, 0.29) is 35.8 Å². The number of carbonyl (C=O) groups is 2. The number of halogens is 1. The van der Waals surface area contributed by atoms with Gasteiger partial charge in [0.1, 0.15) is 12.4 Å². The average molecular weight is 344 g/mol. The number of nitrogens with two attached hydrogens (primary N) is 1. The number of rotatable bonds is 3. The number of nitrogens with zero attached hydrogens (tertiary/aromatic N) is 2. The smallest absolute Gasteiger partial charge is 0.414 e. The number of benzene rings is 1. The number of nitrogen functional groups attached to an aromatic ring is 1. The zero-order valence-electron chi connectivity index (χ0n) is 13.6. The van der Waals surface area contributed by atoms with Gasteiger partial charge in [-0.25, -0.2) is 14.2 Å². The molecule has 1 saturated heterocycles. The molecule has 2 amide bonds. The van der Waals surface area contributed by atoms with Crippen LogP contribution >= 0.6 is 0 Å². The van der Waals surface area contributed by atoms with E-state index in [1.54, 1.807) is 13.0 Å². The van der Waals surface area contributed by atoms with E-state index >= 15 is 0 Å². The third-order valence-electron chi connectivity index (χ3n) is 4.52. The zero-order valence-corrected chi connectivity index (χ0v) is 13.6. The van der Waals surface area contributed by atoms with Crippen LogP contribution in [0.1, 0.15) is 19.8 Å². The molecule has 1 saturated carbocycles. The van der Waals surface area contributed by atoms with Crippen LogP contribution in [0, 0.1) is 11.7 Å². The highest BCUT2D eigenvalue weighted by Crippen LogP contribution is 2.36. The van der Waals surface area contributed by atoms with Crippen LogP contribution in [-0.2, 0) is 9.53 Å². The predicted molar refractivity (Wildman–Crippen MR) is 90.8 cm³/mol. The molecule has 1 aromatic heterocycles. The minimum atomic E-state index is -0.685. The maximum absolute atomic E-state index is 14.7. The number of carbonyl (C=O) groups excluding carboxylic acids is 2. The van der Waals surface area contributed by atoms with E-state index in [0.29, 0.717) is 16.6 Å². The summed E-state index contributed by atoms with van der Waals surface area (Å²) in [4.78, 5) is 29.2. The summed E-state index contributed by atoms with van der Waals surface area (Å²) in [6.45, 7) is 1.95. The van der Waals surface area contributed by atoms with Crippen molar-refractivity contribution in [1.29, 1.82) is 0 Å². The molecule has 2 aromatic rings. The van der Waals surface area contributed by atoms with Crippen LogP contribution in [0.15, 0.2) is 18.3 Å². The molecule has 1 aromatic carbocycles. The summed E-state index contributed by atoms with van der Waals surface area (Å²) in [5.41, 5.74) is 5.88. The monoisotopic (exact) mass is 344 g/mol. The average Bonchev–Trinajstić information content (AvgIpc) is 3.38. The van der Waals surface area contributed by atoms with Crippen molar-refractivity contribution in [1.82, 2.24) is 4.98 Å². The second-order valence-electron chi connectivity index (χ2n) is 6.47. The molecule has 1 aliphatic carbocycles. The fraction of sp³-hybridized carbons (Fsp3) is 0.353. The van der Waals surface area contributed by atoms with Crippen LogP contribution < -0.4 is 16.0 Å². The van der Waals surface area contributed by atoms with E-state index in [0.717, 1.165) is 12.8 Å². The van der Waals surface area contributed by atoms with Gasteiger partial charge in [-0.1, -0.05) is 0 Å². The Morgan fingerprint density at radius 1 is 1.44 bits per heavy atom. The number of cyclic esters (lactones) is 1. The fourth-order valence-electron chi connectivity index (χ4n) is 2.95. The first-order chi connectivity index (χ1) is 12.0. The second kappa shape index (κ2) is 5.58. The topological polar surface area (TPSA) is 97.5 Å². The van der Waals surface area contributed by atoms with Crippen molar-refractivity contribution in [3.63, 3.8) is 0 Å². The molecular formula is C17H17FN4O3. The highest BCUT2D eigenvalue weighted by atomic mass is 19.1. The minimum Gasteiger partial charge on any atom is -0.447 e. The van der Waals surface area contributed by atoms with Crippen molar-refractivity contribution >= 4 is 40.0 Å². The summed E-state index contributed by atoms with van der Waals surface area (Å²) >= 11 is 0. The summed E-state index contributed by atoms with van der Waals surface area (Å²) in [6, 6.07) is 2.86. The first-order valence-electron chi connectivity index (χ1n) is 8.10. The SMILES string of the molecule is C[C@H]1COC(=O)N1c1cc2cc(NC(=O)C3CC3)ncc2c(N)c1F. The number of fused-ring (bicyclic) bond motifs is 1. The Balaban J connectivity index is 1.77. The van der Waals surface area contributed by atoms with Gasteiger partial charge in [-0.2, -0.15) is 0 Å². The summed E-state index contributed by atoms with van der Waals surface area (Å²) in [7, 11) is 0. The lowest BCUT2D eigenvalue weighted by Crippen LogP contribution is -2.31. The first-order valence-corrected chi connectivity index (χ1v) is 8.10. The van der Waals surface area contributed by atoms with Gasteiger partial charge in [0, 0.05) is 17.5 Å². The molecule has 0 unspecified atom stereocenters. The summed E-state index contributed by atoms with van der Waals surface area (Å²) in [6.07, 6.45) is 2.58. The van der Waals surface area contributed by atoms with E-state index < -0.39 is 11.9 Å². The van der Waals surface area contributed by atoms with Gasteiger partial charge in [0.2, 0.25) is 5.91 Å². The van der Waals surface area contributed by atoms with Crippen molar-refractivity contribution in [2.45, 2.75) is 25.8 Å². The second-order valence-corrected chi connectivity index (χ2v) is 6.47. The number of hydrogen-bond donors (Lipinski definition) is 2. The van der Waals surface area contributed by atoms with Crippen molar-refractivity contribution in [2.75, 3.05) is 22.6 Å². The minimum absolute atomic E-state index is 0.0477. The van der Waals surface area contributed by atoms with Gasteiger partial charge in [0.15, 0.2) is 5.82 Å². The zero-order chi connectivity index (χ0) is 17.7. The van der Waals surface area contributed by atoms with Gasteiger partial charge >= 0.3 is 6.09 Å². The molecule has 25 heavy (non-hydrogen) atoms. The molecule has 1 aliphatic heterocycles. The van der Waals surface area contributed by atoms with E-state index in [2.05, 4.69) is 10.3 Å². The first kappa shape index (κ1) is 15.6. The molecule has 2 heterocycles. The molecule has 0 radical (unpaired) electrons. The lowest BCUT2D eigenvalue weighted by Gasteiger charge is -2.20. The summed E-state index contributed by atoms with van der Waals surface area (Å²) < 4.78 is 19.6. The summed E-state index contributed by atoms with van der Waals surface area (Å²) in [5, 5.41) is 3.75. The van der Waals surface area contributed by atoms with Crippen molar-refractivity contribution < 1.29 is 18.7 Å². The molecule has 130 valence electrons. The van der Waals surface area contributed by atoms with E-state index in [9.17, 15) is 14.0 Å². The Bertz CT molecular complexity index is 897. The maximum atomic E-state index is 14.7. The number of ether oxygens (including phenoxy) is 1. The number of nitrogens with one attached hydrogen (secondary N) is 1. The molecular weight excluding hydrogens is 327 g/mol. The molecule has 3 N–H and O–H groups in total. The van der Waals surface area contributed by atoms with Crippen LogP contribution in [-0.4, -0.2) is 29.6 Å². The Kier molecular flexibility index (Phi) is 3.48. The van der Waals surface area contributed by atoms with Crippen molar-refractivity contribution in [3.05, 3.63) is 24.1 Å². The van der Waals surface area contributed by atoms with Crippen LogP contribution in [0.4, 0.5) is 26.4 Å². The third-order valence-corrected chi connectivity index (χ3v) is 4.52. The van der Waals surface area contributed by atoms with Gasteiger partial charge < -0.3 is 15.8 Å². The maximum Gasteiger partial charge on any atom is 0.414 e.